The van der Waals surface area contributed by atoms with Gasteiger partial charge in [-0.15, -0.1) is 0 Å². The molecule has 1 N–H and O–H groups in total. The number of Topliss-reactive ketones (excluding diaryl/α,β-unsaturated/α-hetero) is 1. The summed E-state index contributed by atoms with van der Waals surface area (Å²) in [5.41, 5.74) is 5.85. The molecule has 0 saturated carbocycles. The van der Waals surface area contributed by atoms with E-state index in [0.717, 1.165) is 27.8 Å². The Morgan fingerprint density at radius 2 is 1.53 bits per heavy atom. The van der Waals surface area contributed by atoms with Gasteiger partial charge in [0.05, 0.1) is 11.6 Å². The largest absolute Gasteiger partial charge is 0.507 e. The molecule has 1 aliphatic rings. The van der Waals surface area contributed by atoms with Crippen molar-refractivity contribution in [3.05, 3.63) is 106 Å². The lowest BCUT2D eigenvalue weighted by Crippen LogP contribution is -2.30. The maximum Gasteiger partial charge on any atom is 0.300 e. The Kier molecular flexibility index (Phi) is 5.94. The molecule has 1 atom stereocenters. The van der Waals surface area contributed by atoms with Crippen LogP contribution in [0.15, 0.2) is 72.3 Å². The maximum absolute atomic E-state index is 13.5. The van der Waals surface area contributed by atoms with Crippen LogP contribution in [-0.2, 0) is 15.0 Å². The van der Waals surface area contributed by atoms with Gasteiger partial charge in [-0.3, -0.25) is 14.5 Å². The van der Waals surface area contributed by atoms with Crippen molar-refractivity contribution in [2.24, 2.45) is 0 Å². The van der Waals surface area contributed by atoms with E-state index in [1.54, 1.807) is 0 Å². The van der Waals surface area contributed by atoms with Crippen molar-refractivity contribution in [3.8, 4) is 0 Å². The fraction of sp³-hybridized carbons (Fsp3) is 0.267. The lowest BCUT2D eigenvalue weighted by molar-refractivity contribution is -0.132. The van der Waals surface area contributed by atoms with Crippen LogP contribution in [0.2, 0.25) is 0 Å². The summed E-state index contributed by atoms with van der Waals surface area (Å²) in [6, 6.07) is 20.3. The highest BCUT2D eigenvalue weighted by Gasteiger charge is 2.47. The van der Waals surface area contributed by atoms with E-state index in [4.69, 9.17) is 0 Å². The number of aliphatic hydroxyl groups is 1. The van der Waals surface area contributed by atoms with Gasteiger partial charge >= 0.3 is 0 Å². The molecule has 0 aliphatic carbocycles. The van der Waals surface area contributed by atoms with Crippen LogP contribution in [0.3, 0.4) is 0 Å². The van der Waals surface area contributed by atoms with Crippen LogP contribution in [0.25, 0.3) is 5.76 Å². The number of benzene rings is 3. The Labute approximate surface area is 201 Å². The third-order valence-corrected chi connectivity index (χ3v) is 6.75. The van der Waals surface area contributed by atoms with E-state index in [1.165, 1.54) is 4.90 Å². The Bertz CT molecular complexity index is 1310. The molecule has 3 aromatic rings. The van der Waals surface area contributed by atoms with Crippen LogP contribution >= 0.6 is 0 Å². The number of hydrogen-bond donors (Lipinski definition) is 1. The highest BCUT2D eigenvalue weighted by atomic mass is 16.3. The molecule has 1 heterocycles. The Morgan fingerprint density at radius 1 is 0.853 bits per heavy atom. The van der Waals surface area contributed by atoms with Crippen LogP contribution in [0, 0.1) is 20.8 Å². The number of nitrogens with zero attached hydrogens (tertiary/aromatic N) is 1. The predicted octanol–water partition coefficient (Wildman–Crippen LogP) is 6.54. The van der Waals surface area contributed by atoms with Gasteiger partial charge in [-0.05, 0) is 66.1 Å². The van der Waals surface area contributed by atoms with Crippen molar-refractivity contribution in [3.63, 3.8) is 0 Å². The predicted molar refractivity (Wildman–Crippen MR) is 137 cm³/mol. The molecule has 174 valence electrons. The normalized spacial score (nSPS) is 17.9. The molecule has 4 nitrogen and oxygen atoms in total. The highest BCUT2D eigenvalue weighted by Crippen LogP contribution is 2.44. The molecule has 1 fully saturated rings. The van der Waals surface area contributed by atoms with Crippen molar-refractivity contribution in [2.75, 3.05) is 4.90 Å². The zero-order chi connectivity index (χ0) is 24.8. The second-order valence-corrected chi connectivity index (χ2v) is 10.1. The molecule has 34 heavy (non-hydrogen) atoms. The van der Waals surface area contributed by atoms with Gasteiger partial charge in [-0.1, -0.05) is 75.4 Å². The molecule has 0 aromatic heterocycles. The van der Waals surface area contributed by atoms with Gasteiger partial charge in [-0.2, -0.15) is 0 Å². The molecule has 3 aromatic carbocycles. The molecular weight excluding hydrogens is 422 g/mol. The van der Waals surface area contributed by atoms with E-state index in [9.17, 15) is 14.7 Å². The minimum Gasteiger partial charge on any atom is -0.507 e. The third kappa shape index (κ3) is 3.94. The first-order valence-corrected chi connectivity index (χ1v) is 11.6. The lowest BCUT2D eigenvalue weighted by Gasteiger charge is -2.27. The first-order chi connectivity index (χ1) is 16.0. The van der Waals surface area contributed by atoms with E-state index in [-0.39, 0.29) is 16.7 Å². The lowest BCUT2D eigenvalue weighted by atomic mass is 9.84. The minimum atomic E-state index is -0.723. The number of hydrogen-bond acceptors (Lipinski definition) is 3. The van der Waals surface area contributed by atoms with Crippen molar-refractivity contribution in [1.29, 1.82) is 0 Å². The molecular formula is C30H31NO3. The molecule has 4 heteroatoms. The number of amides is 1. The zero-order valence-electron chi connectivity index (χ0n) is 20.6. The molecule has 1 aliphatic heterocycles. The number of carbonyl (C=O) groups is 2. The monoisotopic (exact) mass is 453 g/mol. The smallest absolute Gasteiger partial charge is 0.300 e. The number of aryl methyl sites for hydroxylation is 2. The van der Waals surface area contributed by atoms with Gasteiger partial charge in [0, 0.05) is 11.3 Å². The van der Waals surface area contributed by atoms with Crippen molar-refractivity contribution >= 4 is 23.1 Å². The fourth-order valence-corrected chi connectivity index (χ4v) is 4.52. The van der Waals surface area contributed by atoms with Gasteiger partial charge in [0.15, 0.2) is 0 Å². The fourth-order valence-electron chi connectivity index (χ4n) is 4.52. The number of aliphatic hydroxyl groups excluding tert-OH is 1. The summed E-state index contributed by atoms with van der Waals surface area (Å²) < 4.78 is 0. The van der Waals surface area contributed by atoms with Gasteiger partial charge in [0.1, 0.15) is 5.76 Å². The van der Waals surface area contributed by atoms with E-state index in [1.807, 2.05) is 87.5 Å². The number of rotatable bonds is 3. The zero-order valence-corrected chi connectivity index (χ0v) is 20.6. The van der Waals surface area contributed by atoms with Crippen LogP contribution in [0.5, 0.6) is 0 Å². The van der Waals surface area contributed by atoms with Crippen molar-refractivity contribution in [2.45, 2.75) is 53.0 Å². The summed E-state index contributed by atoms with van der Waals surface area (Å²) in [4.78, 5) is 28.4. The average molecular weight is 454 g/mol. The second-order valence-electron chi connectivity index (χ2n) is 10.1. The van der Waals surface area contributed by atoms with Crippen molar-refractivity contribution < 1.29 is 14.7 Å². The average Bonchev–Trinajstić information content (AvgIpc) is 3.06. The van der Waals surface area contributed by atoms with E-state index in [0.29, 0.717) is 11.3 Å². The van der Waals surface area contributed by atoms with Gasteiger partial charge < -0.3 is 5.11 Å². The quantitative estimate of drug-likeness (QED) is 0.278. The molecule has 0 radical (unpaired) electrons. The standard InChI is InChI=1S/C30H31NO3/c1-18-11-10-14-24(20(18)3)31-26(21-12-8-7-9-13-21)25(28(33)29(31)34)27(32)23-17-22(30(4,5)6)16-15-19(23)2/h7-17,26,32H,1-6H3/b27-25+. The first-order valence-electron chi connectivity index (χ1n) is 11.6. The number of ketones is 1. The number of carbonyl (C=O) groups excluding carboxylic acids is 2. The molecule has 0 spiro atoms. The van der Waals surface area contributed by atoms with Gasteiger partial charge in [-0.25, -0.2) is 0 Å². The third-order valence-electron chi connectivity index (χ3n) is 6.75. The van der Waals surface area contributed by atoms with Gasteiger partial charge in [0.2, 0.25) is 0 Å². The summed E-state index contributed by atoms with van der Waals surface area (Å²) in [7, 11) is 0. The molecule has 4 rings (SSSR count). The summed E-state index contributed by atoms with van der Waals surface area (Å²) in [6.07, 6.45) is 0. The van der Waals surface area contributed by atoms with Crippen LogP contribution in [-0.4, -0.2) is 16.8 Å². The van der Waals surface area contributed by atoms with Crippen LogP contribution in [0.1, 0.15) is 60.2 Å². The molecule has 0 bridgehead atoms. The van der Waals surface area contributed by atoms with E-state index >= 15 is 0 Å². The van der Waals surface area contributed by atoms with Crippen molar-refractivity contribution in [1.82, 2.24) is 0 Å². The van der Waals surface area contributed by atoms with E-state index < -0.39 is 17.7 Å². The minimum absolute atomic E-state index is 0.117. The van der Waals surface area contributed by atoms with Gasteiger partial charge in [0.25, 0.3) is 11.7 Å². The molecule has 1 amide bonds. The highest BCUT2D eigenvalue weighted by molar-refractivity contribution is 6.51. The maximum atomic E-state index is 13.5. The SMILES string of the molecule is Cc1ccc(C(C)(C)C)cc1/C(O)=C1\C(=O)C(=O)N(c2cccc(C)c2C)C1c1ccccc1. The second kappa shape index (κ2) is 8.60. The Hall–Kier alpha value is -3.66. The summed E-state index contributed by atoms with van der Waals surface area (Å²) in [5, 5.41) is 11.6. The first kappa shape index (κ1) is 23.5. The topological polar surface area (TPSA) is 57.6 Å². The Morgan fingerprint density at radius 3 is 2.18 bits per heavy atom. The molecule has 1 saturated heterocycles. The molecule has 1 unspecified atom stereocenters. The summed E-state index contributed by atoms with van der Waals surface area (Å²) >= 11 is 0. The summed E-state index contributed by atoms with van der Waals surface area (Å²) in [6.45, 7) is 12.1. The summed E-state index contributed by atoms with van der Waals surface area (Å²) in [5.74, 6) is -1.44. The van der Waals surface area contributed by atoms with Crippen LogP contribution < -0.4 is 4.90 Å². The number of anilines is 1. The Balaban J connectivity index is 2.00. The van der Waals surface area contributed by atoms with E-state index in [2.05, 4.69) is 20.8 Å². The van der Waals surface area contributed by atoms with Crippen LogP contribution in [0.4, 0.5) is 5.69 Å².